The molecule has 0 saturated carbocycles. The number of phenols is 1. The van der Waals surface area contributed by atoms with Gasteiger partial charge >= 0.3 is 5.97 Å². The first-order chi connectivity index (χ1) is 8.97. The molecule has 19 heavy (non-hydrogen) atoms. The molecular weight excluding hydrogens is 250 g/mol. The van der Waals surface area contributed by atoms with E-state index in [1.807, 2.05) is 0 Å². The molecule has 1 aromatic carbocycles. The lowest BCUT2D eigenvalue weighted by molar-refractivity contribution is -0.148. The molecule has 1 fully saturated rings. The molecule has 6 nitrogen and oxygen atoms in total. The number of carbonyl (C=O) groups is 2. The highest BCUT2D eigenvalue weighted by atomic mass is 16.4. The molecule has 0 aromatic heterocycles. The largest absolute Gasteiger partial charge is 0.508 e. The normalized spacial score (nSPS) is 22.5. The zero-order valence-electron chi connectivity index (χ0n) is 10.2. The average molecular weight is 265 g/mol. The van der Waals surface area contributed by atoms with E-state index in [1.165, 1.54) is 17.0 Å². The number of carbonyl (C=O) groups excluding carboxylic acids is 1. The van der Waals surface area contributed by atoms with Crippen molar-refractivity contribution in [3.63, 3.8) is 0 Å². The van der Waals surface area contributed by atoms with Gasteiger partial charge in [-0.1, -0.05) is 12.1 Å². The highest BCUT2D eigenvalue weighted by Gasteiger charge is 2.38. The predicted octanol–water partition coefficient (Wildman–Crippen LogP) is -0.0189. The van der Waals surface area contributed by atoms with Gasteiger partial charge in [0.25, 0.3) is 0 Å². The molecule has 1 saturated heterocycles. The van der Waals surface area contributed by atoms with Crippen LogP contribution in [0.2, 0.25) is 0 Å². The summed E-state index contributed by atoms with van der Waals surface area (Å²) >= 11 is 0. The number of aliphatic carboxylic acids is 1. The number of carboxylic acid groups (broad SMARTS) is 1. The van der Waals surface area contributed by atoms with E-state index in [0.29, 0.717) is 5.56 Å². The van der Waals surface area contributed by atoms with Gasteiger partial charge in [-0.25, -0.2) is 4.79 Å². The van der Waals surface area contributed by atoms with E-state index < -0.39 is 18.1 Å². The Balaban J connectivity index is 2.06. The van der Waals surface area contributed by atoms with Crippen LogP contribution in [0.5, 0.6) is 5.75 Å². The van der Waals surface area contributed by atoms with Crippen LogP contribution in [0.4, 0.5) is 0 Å². The quantitative estimate of drug-likeness (QED) is 0.713. The number of nitrogens with zero attached hydrogens (tertiary/aromatic N) is 1. The van der Waals surface area contributed by atoms with Crippen molar-refractivity contribution in [2.45, 2.75) is 25.0 Å². The minimum atomic E-state index is -1.10. The Kier molecular flexibility index (Phi) is 3.71. The van der Waals surface area contributed by atoms with Gasteiger partial charge in [0.2, 0.25) is 5.91 Å². The lowest BCUT2D eigenvalue weighted by atomic mass is 10.1. The Labute approximate surface area is 109 Å². The maximum absolute atomic E-state index is 12.0. The number of aliphatic hydroxyl groups excluding tert-OH is 1. The number of amides is 1. The first-order valence-electron chi connectivity index (χ1n) is 5.95. The lowest BCUT2D eigenvalue weighted by Gasteiger charge is -2.21. The summed E-state index contributed by atoms with van der Waals surface area (Å²) in [7, 11) is 0. The Morgan fingerprint density at radius 2 is 1.89 bits per heavy atom. The van der Waals surface area contributed by atoms with Gasteiger partial charge in [0.1, 0.15) is 11.8 Å². The standard InChI is InChI=1S/C13H15NO5/c15-9-3-1-8(2-4-9)5-12(17)14-7-10(16)6-11(14)13(18)19/h1-4,10-11,15-16H,5-7H2,(H,18,19)/t10-,11+/m1/s1. The predicted molar refractivity (Wildman–Crippen MR) is 65.6 cm³/mol. The van der Waals surface area contributed by atoms with E-state index in [-0.39, 0.29) is 31.0 Å². The van der Waals surface area contributed by atoms with Gasteiger partial charge in [-0.05, 0) is 17.7 Å². The van der Waals surface area contributed by atoms with E-state index in [1.54, 1.807) is 12.1 Å². The van der Waals surface area contributed by atoms with Crippen molar-refractivity contribution in [3.8, 4) is 5.75 Å². The number of likely N-dealkylation sites (tertiary alicyclic amines) is 1. The first-order valence-corrected chi connectivity index (χ1v) is 5.95. The second-order valence-corrected chi connectivity index (χ2v) is 4.63. The molecule has 0 radical (unpaired) electrons. The molecule has 3 N–H and O–H groups in total. The van der Waals surface area contributed by atoms with Gasteiger partial charge in [-0.3, -0.25) is 4.79 Å². The molecule has 2 rings (SSSR count). The molecule has 2 atom stereocenters. The number of aromatic hydroxyl groups is 1. The van der Waals surface area contributed by atoms with Crippen LogP contribution in [0.1, 0.15) is 12.0 Å². The topological polar surface area (TPSA) is 98.1 Å². The van der Waals surface area contributed by atoms with Crippen LogP contribution in [0.25, 0.3) is 0 Å². The minimum Gasteiger partial charge on any atom is -0.508 e. The molecule has 0 spiro atoms. The van der Waals surface area contributed by atoms with Crippen LogP contribution in [-0.4, -0.2) is 50.8 Å². The number of hydrogen-bond acceptors (Lipinski definition) is 4. The van der Waals surface area contributed by atoms with Crippen molar-refractivity contribution in [1.29, 1.82) is 0 Å². The highest BCUT2D eigenvalue weighted by Crippen LogP contribution is 2.20. The SMILES string of the molecule is O=C(O)[C@@H]1C[C@@H](O)CN1C(=O)Cc1ccc(O)cc1. The van der Waals surface area contributed by atoms with Crippen LogP contribution < -0.4 is 0 Å². The van der Waals surface area contributed by atoms with Gasteiger partial charge in [-0.2, -0.15) is 0 Å². The van der Waals surface area contributed by atoms with Crippen LogP contribution in [0, 0.1) is 0 Å². The summed E-state index contributed by atoms with van der Waals surface area (Å²) < 4.78 is 0. The van der Waals surface area contributed by atoms with Crippen LogP contribution in [0.3, 0.4) is 0 Å². The van der Waals surface area contributed by atoms with Crippen molar-refractivity contribution < 1.29 is 24.9 Å². The molecule has 102 valence electrons. The van der Waals surface area contributed by atoms with E-state index in [4.69, 9.17) is 10.2 Å². The molecule has 0 unspecified atom stereocenters. The third-order valence-electron chi connectivity index (χ3n) is 3.18. The second-order valence-electron chi connectivity index (χ2n) is 4.63. The van der Waals surface area contributed by atoms with E-state index in [2.05, 4.69) is 0 Å². The smallest absolute Gasteiger partial charge is 0.326 e. The molecule has 1 amide bonds. The molecule has 1 aliphatic rings. The molecule has 1 aliphatic heterocycles. The zero-order chi connectivity index (χ0) is 14.0. The van der Waals surface area contributed by atoms with E-state index in [0.717, 1.165) is 0 Å². The summed E-state index contributed by atoms with van der Waals surface area (Å²) in [5.74, 6) is -1.33. The van der Waals surface area contributed by atoms with Crippen molar-refractivity contribution in [1.82, 2.24) is 4.90 Å². The summed E-state index contributed by atoms with van der Waals surface area (Å²) in [5.41, 5.74) is 0.688. The number of benzene rings is 1. The van der Waals surface area contributed by atoms with Gasteiger partial charge in [0.05, 0.1) is 12.5 Å². The summed E-state index contributed by atoms with van der Waals surface area (Å²) in [6.45, 7) is 0.0495. The van der Waals surface area contributed by atoms with Gasteiger partial charge in [-0.15, -0.1) is 0 Å². The molecule has 0 bridgehead atoms. The third kappa shape index (κ3) is 3.03. The summed E-state index contributed by atoms with van der Waals surface area (Å²) in [6.07, 6.45) is -0.669. The number of rotatable bonds is 3. The molecular formula is C13H15NO5. The summed E-state index contributed by atoms with van der Waals surface area (Å²) in [4.78, 5) is 24.3. The second kappa shape index (κ2) is 5.27. The monoisotopic (exact) mass is 265 g/mol. The fourth-order valence-electron chi connectivity index (χ4n) is 2.21. The maximum Gasteiger partial charge on any atom is 0.326 e. The number of hydrogen-bond donors (Lipinski definition) is 3. The maximum atomic E-state index is 12.0. The summed E-state index contributed by atoms with van der Waals surface area (Å²) in [5, 5.41) is 27.6. The van der Waals surface area contributed by atoms with Crippen molar-refractivity contribution in [2.24, 2.45) is 0 Å². The van der Waals surface area contributed by atoms with Crippen LogP contribution >= 0.6 is 0 Å². The Hall–Kier alpha value is -2.08. The fourth-order valence-corrected chi connectivity index (χ4v) is 2.21. The van der Waals surface area contributed by atoms with Gasteiger partial charge in [0, 0.05) is 13.0 Å². The molecule has 0 aliphatic carbocycles. The highest BCUT2D eigenvalue weighted by molar-refractivity contribution is 5.85. The Bertz CT molecular complexity index is 484. The van der Waals surface area contributed by atoms with Crippen LogP contribution in [0.15, 0.2) is 24.3 Å². The number of aliphatic hydroxyl groups is 1. The Morgan fingerprint density at radius 3 is 2.47 bits per heavy atom. The summed E-state index contributed by atoms with van der Waals surface area (Å²) in [6, 6.07) is 5.19. The zero-order valence-corrected chi connectivity index (χ0v) is 10.2. The number of β-amino-alcohol motifs (C(OH)–C–C–N with tert-alkyl or cyclic N) is 1. The minimum absolute atomic E-state index is 0.0495. The number of phenolic OH excluding ortho intramolecular Hbond substituents is 1. The molecule has 1 heterocycles. The Morgan fingerprint density at radius 1 is 1.26 bits per heavy atom. The third-order valence-corrected chi connectivity index (χ3v) is 3.18. The average Bonchev–Trinajstić information content (AvgIpc) is 2.74. The first kappa shape index (κ1) is 13.4. The van der Waals surface area contributed by atoms with Crippen molar-refractivity contribution in [2.75, 3.05) is 6.54 Å². The molecule has 6 heteroatoms. The molecule has 1 aromatic rings. The lowest BCUT2D eigenvalue weighted by Crippen LogP contribution is -2.41. The van der Waals surface area contributed by atoms with E-state index in [9.17, 15) is 14.7 Å². The van der Waals surface area contributed by atoms with Crippen molar-refractivity contribution in [3.05, 3.63) is 29.8 Å². The fraction of sp³-hybridized carbons (Fsp3) is 0.385. The van der Waals surface area contributed by atoms with Crippen LogP contribution in [-0.2, 0) is 16.0 Å². The van der Waals surface area contributed by atoms with Gasteiger partial charge < -0.3 is 20.2 Å². The van der Waals surface area contributed by atoms with Crippen molar-refractivity contribution >= 4 is 11.9 Å². The van der Waals surface area contributed by atoms with E-state index >= 15 is 0 Å². The van der Waals surface area contributed by atoms with Gasteiger partial charge in [0.15, 0.2) is 0 Å². The number of carboxylic acids is 1.